The van der Waals surface area contributed by atoms with Crippen LogP contribution in [0.3, 0.4) is 0 Å². The van der Waals surface area contributed by atoms with Crippen LogP contribution in [-0.4, -0.2) is 18.4 Å². The van der Waals surface area contributed by atoms with E-state index in [1.54, 1.807) is 24.3 Å². The fourth-order valence-corrected chi connectivity index (χ4v) is 2.19. The van der Waals surface area contributed by atoms with Crippen molar-refractivity contribution in [2.24, 2.45) is 0 Å². The Labute approximate surface area is 141 Å². The highest BCUT2D eigenvalue weighted by molar-refractivity contribution is 6.39. The zero-order valence-electron chi connectivity index (χ0n) is 13.8. The van der Waals surface area contributed by atoms with Crippen molar-refractivity contribution in [3.05, 3.63) is 65.5 Å². The average molecular weight is 328 g/mol. The molecule has 2 rings (SSSR count). The van der Waals surface area contributed by atoms with Crippen LogP contribution in [0.4, 0.5) is 10.1 Å². The van der Waals surface area contributed by atoms with E-state index in [0.29, 0.717) is 24.6 Å². The molecule has 0 atom stereocenters. The highest BCUT2D eigenvalue weighted by atomic mass is 19.1. The Morgan fingerprint density at radius 2 is 1.58 bits per heavy atom. The van der Waals surface area contributed by atoms with Crippen LogP contribution in [0, 0.1) is 5.82 Å². The molecule has 2 aromatic carbocycles. The molecule has 0 spiro atoms. The van der Waals surface area contributed by atoms with Gasteiger partial charge in [0.25, 0.3) is 0 Å². The molecule has 0 saturated carbocycles. The Hall–Kier alpha value is -2.69. The smallest absolute Gasteiger partial charge is 0.313 e. The number of nitrogens with one attached hydrogen (secondary N) is 2. The molecule has 0 aliphatic carbocycles. The lowest BCUT2D eigenvalue weighted by Gasteiger charge is -2.09. The van der Waals surface area contributed by atoms with Crippen LogP contribution in [0.25, 0.3) is 0 Å². The molecule has 0 fully saturated rings. The molecule has 4 nitrogen and oxygen atoms in total. The molecule has 5 heteroatoms. The van der Waals surface area contributed by atoms with E-state index in [2.05, 4.69) is 24.5 Å². The number of amides is 2. The van der Waals surface area contributed by atoms with Gasteiger partial charge in [0.1, 0.15) is 5.82 Å². The topological polar surface area (TPSA) is 58.2 Å². The van der Waals surface area contributed by atoms with Crippen LogP contribution < -0.4 is 10.6 Å². The van der Waals surface area contributed by atoms with Crippen molar-refractivity contribution in [1.29, 1.82) is 0 Å². The minimum absolute atomic E-state index is 0.300. The molecule has 0 heterocycles. The van der Waals surface area contributed by atoms with Crippen molar-refractivity contribution >= 4 is 17.5 Å². The van der Waals surface area contributed by atoms with E-state index in [1.807, 2.05) is 12.1 Å². The Kier molecular flexibility index (Phi) is 6.07. The predicted octanol–water partition coefficient (Wildman–Crippen LogP) is 3.25. The van der Waals surface area contributed by atoms with Gasteiger partial charge in [-0.15, -0.1) is 0 Å². The molecular weight excluding hydrogens is 307 g/mol. The van der Waals surface area contributed by atoms with Gasteiger partial charge in [0, 0.05) is 12.2 Å². The summed E-state index contributed by atoms with van der Waals surface area (Å²) in [6, 6.07) is 13.4. The predicted molar refractivity (Wildman–Crippen MR) is 92.3 cm³/mol. The average Bonchev–Trinajstić information content (AvgIpc) is 2.57. The molecule has 0 radical (unpaired) electrons. The molecule has 2 aromatic rings. The number of hydrogen-bond acceptors (Lipinski definition) is 2. The number of hydrogen-bond donors (Lipinski definition) is 2. The summed E-state index contributed by atoms with van der Waals surface area (Å²) >= 11 is 0. The number of carbonyl (C=O) groups excluding carboxylic acids is 2. The monoisotopic (exact) mass is 328 g/mol. The zero-order chi connectivity index (χ0) is 17.5. The molecular formula is C19H21FN2O2. The Morgan fingerprint density at radius 1 is 0.958 bits per heavy atom. The lowest BCUT2D eigenvalue weighted by atomic mass is 10.0. The van der Waals surface area contributed by atoms with E-state index in [9.17, 15) is 14.0 Å². The van der Waals surface area contributed by atoms with E-state index in [1.165, 1.54) is 12.1 Å². The molecule has 2 N–H and O–H groups in total. The minimum Gasteiger partial charge on any atom is -0.347 e. The minimum atomic E-state index is -0.702. The number of carbonyl (C=O) groups is 2. The van der Waals surface area contributed by atoms with Crippen molar-refractivity contribution in [1.82, 2.24) is 5.32 Å². The quantitative estimate of drug-likeness (QED) is 0.828. The van der Waals surface area contributed by atoms with Gasteiger partial charge in [-0.05, 0) is 47.7 Å². The Bertz CT molecular complexity index is 694. The van der Waals surface area contributed by atoms with E-state index >= 15 is 0 Å². The lowest BCUT2D eigenvalue weighted by molar-refractivity contribution is -0.136. The van der Waals surface area contributed by atoms with E-state index in [0.717, 1.165) is 11.1 Å². The number of benzene rings is 2. The van der Waals surface area contributed by atoms with Crippen molar-refractivity contribution in [2.45, 2.75) is 26.2 Å². The maximum absolute atomic E-state index is 12.8. The van der Waals surface area contributed by atoms with Gasteiger partial charge in [-0.25, -0.2) is 4.39 Å². The number of anilines is 1. The second-order valence-corrected chi connectivity index (χ2v) is 5.86. The van der Waals surface area contributed by atoms with Crippen molar-refractivity contribution in [2.75, 3.05) is 11.9 Å². The van der Waals surface area contributed by atoms with Crippen LogP contribution in [0.2, 0.25) is 0 Å². The van der Waals surface area contributed by atoms with E-state index in [-0.39, 0.29) is 5.82 Å². The van der Waals surface area contributed by atoms with Crippen molar-refractivity contribution in [3.63, 3.8) is 0 Å². The van der Waals surface area contributed by atoms with Gasteiger partial charge in [-0.2, -0.15) is 0 Å². The summed E-state index contributed by atoms with van der Waals surface area (Å²) in [5.74, 6) is -1.29. The zero-order valence-corrected chi connectivity index (χ0v) is 13.8. The third-order valence-electron chi connectivity index (χ3n) is 3.65. The van der Waals surface area contributed by atoms with Gasteiger partial charge in [0.2, 0.25) is 0 Å². The van der Waals surface area contributed by atoms with Crippen molar-refractivity contribution in [3.8, 4) is 0 Å². The Morgan fingerprint density at radius 3 is 2.17 bits per heavy atom. The van der Waals surface area contributed by atoms with Gasteiger partial charge in [-0.3, -0.25) is 9.59 Å². The fourth-order valence-electron chi connectivity index (χ4n) is 2.19. The molecule has 0 aromatic heterocycles. The van der Waals surface area contributed by atoms with Crippen LogP contribution >= 0.6 is 0 Å². The molecule has 2 amide bonds. The first-order valence-corrected chi connectivity index (χ1v) is 7.89. The summed E-state index contributed by atoms with van der Waals surface area (Å²) in [4.78, 5) is 23.6. The summed E-state index contributed by atoms with van der Waals surface area (Å²) in [6.45, 7) is 4.48. The summed E-state index contributed by atoms with van der Waals surface area (Å²) in [7, 11) is 0. The largest absolute Gasteiger partial charge is 0.347 e. The first kappa shape index (κ1) is 17.7. The van der Waals surface area contributed by atoms with Gasteiger partial charge < -0.3 is 10.6 Å². The summed E-state index contributed by atoms with van der Waals surface area (Å²) < 4.78 is 12.8. The first-order chi connectivity index (χ1) is 11.5. The fraction of sp³-hybridized carbons (Fsp3) is 0.263. The molecule has 126 valence electrons. The highest BCUT2D eigenvalue weighted by Gasteiger charge is 2.13. The second kappa shape index (κ2) is 8.24. The van der Waals surface area contributed by atoms with Gasteiger partial charge in [-0.1, -0.05) is 38.1 Å². The number of rotatable bonds is 5. The summed E-state index contributed by atoms with van der Waals surface area (Å²) in [5, 5.41) is 5.11. The highest BCUT2D eigenvalue weighted by Crippen LogP contribution is 2.16. The van der Waals surface area contributed by atoms with Crippen molar-refractivity contribution < 1.29 is 14.0 Å². The third kappa shape index (κ3) is 5.19. The van der Waals surface area contributed by atoms with E-state index in [4.69, 9.17) is 0 Å². The summed E-state index contributed by atoms with van der Waals surface area (Å²) in [5.41, 5.74) is 2.64. The third-order valence-corrected chi connectivity index (χ3v) is 3.65. The molecule has 0 saturated heterocycles. The molecule has 0 aliphatic rings. The maximum atomic E-state index is 12.8. The second-order valence-electron chi connectivity index (χ2n) is 5.86. The van der Waals surface area contributed by atoms with Gasteiger partial charge in [0.05, 0.1) is 0 Å². The van der Waals surface area contributed by atoms with Crippen LogP contribution in [0.1, 0.15) is 30.9 Å². The first-order valence-electron chi connectivity index (χ1n) is 7.89. The molecule has 0 bridgehead atoms. The van der Waals surface area contributed by atoms with Crippen LogP contribution in [0.5, 0.6) is 0 Å². The molecule has 24 heavy (non-hydrogen) atoms. The van der Waals surface area contributed by atoms with E-state index < -0.39 is 11.8 Å². The lowest BCUT2D eigenvalue weighted by Crippen LogP contribution is -2.36. The normalized spacial score (nSPS) is 10.5. The van der Waals surface area contributed by atoms with Crippen LogP contribution in [0.15, 0.2) is 48.5 Å². The van der Waals surface area contributed by atoms with Crippen LogP contribution in [-0.2, 0) is 16.0 Å². The molecule has 0 unspecified atom stereocenters. The Balaban J connectivity index is 1.79. The molecule has 0 aliphatic heterocycles. The SMILES string of the molecule is CC(C)c1ccc(NC(=O)C(=O)NCCc2ccc(F)cc2)cc1. The summed E-state index contributed by atoms with van der Waals surface area (Å²) in [6.07, 6.45) is 0.530. The van der Waals surface area contributed by atoms with Gasteiger partial charge in [0.15, 0.2) is 0 Å². The van der Waals surface area contributed by atoms with Gasteiger partial charge >= 0.3 is 11.8 Å². The number of halogens is 1. The standard InChI is InChI=1S/C19H21FN2O2/c1-13(2)15-5-9-17(10-6-15)22-19(24)18(23)21-12-11-14-3-7-16(20)8-4-14/h3-10,13H,11-12H2,1-2H3,(H,21,23)(H,22,24). The maximum Gasteiger partial charge on any atom is 0.313 e.